The minimum atomic E-state index is -0.133. The molecule has 142 valence electrons. The maximum atomic E-state index is 12.4. The van der Waals surface area contributed by atoms with Crippen LogP contribution in [0.3, 0.4) is 0 Å². The van der Waals surface area contributed by atoms with E-state index in [2.05, 4.69) is 16.3 Å². The third-order valence-corrected chi connectivity index (χ3v) is 4.47. The molecule has 1 aromatic carbocycles. The molecule has 1 N–H and O–H groups in total. The second kappa shape index (κ2) is 11.0. The SMILES string of the molecule is COc1ccc(NC(=O)CN(CCC#N)CCN2CCOCC2)cc1Cl. The number of amides is 1. The number of nitrogens with zero attached hydrogens (tertiary/aromatic N) is 3. The van der Waals surface area contributed by atoms with Crippen molar-refractivity contribution in [3.05, 3.63) is 23.2 Å². The van der Waals surface area contributed by atoms with Crippen LogP contribution in [0.5, 0.6) is 5.75 Å². The molecule has 0 aromatic heterocycles. The summed E-state index contributed by atoms with van der Waals surface area (Å²) in [6.45, 7) is 5.70. The van der Waals surface area contributed by atoms with Crippen LogP contribution in [-0.4, -0.2) is 75.3 Å². The Labute approximate surface area is 159 Å². The number of rotatable bonds is 9. The Bertz CT molecular complexity index is 629. The number of benzene rings is 1. The monoisotopic (exact) mass is 380 g/mol. The number of nitrogens with one attached hydrogen (secondary N) is 1. The number of nitriles is 1. The molecule has 0 bridgehead atoms. The Hall–Kier alpha value is -1.85. The van der Waals surface area contributed by atoms with Gasteiger partial charge in [0.1, 0.15) is 5.75 Å². The van der Waals surface area contributed by atoms with Crippen molar-refractivity contribution in [3.63, 3.8) is 0 Å². The standard InChI is InChI=1S/C18H25ClN4O3/c1-25-17-4-3-15(13-16(17)19)21-18(24)14-23(6-2-5-20)8-7-22-9-11-26-12-10-22/h3-4,13H,2,6-12,14H2,1H3,(H,21,24). The van der Waals surface area contributed by atoms with E-state index in [-0.39, 0.29) is 12.5 Å². The van der Waals surface area contributed by atoms with Crippen molar-refractivity contribution >= 4 is 23.2 Å². The number of anilines is 1. The maximum Gasteiger partial charge on any atom is 0.238 e. The molecule has 1 aromatic rings. The fraction of sp³-hybridized carbons (Fsp3) is 0.556. The van der Waals surface area contributed by atoms with E-state index in [1.165, 1.54) is 0 Å². The number of ether oxygens (including phenoxy) is 2. The minimum Gasteiger partial charge on any atom is -0.495 e. The Morgan fingerprint density at radius 3 is 2.85 bits per heavy atom. The van der Waals surface area contributed by atoms with Crippen molar-refractivity contribution < 1.29 is 14.3 Å². The van der Waals surface area contributed by atoms with Gasteiger partial charge >= 0.3 is 0 Å². The smallest absolute Gasteiger partial charge is 0.238 e. The van der Waals surface area contributed by atoms with E-state index in [1.54, 1.807) is 25.3 Å². The van der Waals surface area contributed by atoms with Crippen LogP contribution in [0.1, 0.15) is 6.42 Å². The van der Waals surface area contributed by atoms with Gasteiger partial charge in [0.25, 0.3) is 0 Å². The lowest BCUT2D eigenvalue weighted by Gasteiger charge is -2.29. The number of carbonyl (C=O) groups is 1. The fourth-order valence-electron chi connectivity index (χ4n) is 2.73. The van der Waals surface area contributed by atoms with Crippen molar-refractivity contribution in [3.8, 4) is 11.8 Å². The van der Waals surface area contributed by atoms with Gasteiger partial charge in [0.15, 0.2) is 0 Å². The summed E-state index contributed by atoms with van der Waals surface area (Å²) in [4.78, 5) is 16.7. The van der Waals surface area contributed by atoms with Gasteiger partial charge in [-0.2, -0.15) is 5.26 Å². The van der Waals surface area contributed by atoms with E-state index >= 15 is 0 Å². The molecule has 1 amide bonds. The molecular formula is C18H25ClN4O3. The highest BCUT2D eigenvalue weighted by Crippen LogP contribution is 2.27. The van der Waals surface area contributed by atoms with Crippen molar-refractivity contribution in [2.75, 3.05) is 64.9 Å². The zero-order chi connectivity index (χ0) is 18.8. The molecule has 0 atom stereocenters. The van der Waals surface area contributed by atoms with Crippen LogP contribution in [0.15, 0.2) is 18.2 Å². The third kappa shape index (κ3) is 6.81. The molecule has 0 radical (unpaired) electrons. The summed E-state index contributed by atoms with van der Waals surface area (Å²) in [6.07, 6.45) is 0.394. The largest absolute Gasteiger partial charge is 0.495 e. The summed E-state index contributed by atoms with van der Waals surface area (Å²) in [5.41, 5.74) is 0.620. The molecule has 26 heavy (non-hydrogen) atoms. The van der Waals surface area contributed by atoms with Crippen molar-refractivity contribution in [2.24, 2.45) is 0 Å². The quantitative estimate of drug-likeness (QED) is 0.704. The van der Waals surface area contributed by atoms with Crippen LogP contribution in [0.25, 0.3) is 0 Å². The zero-order valence-electron chi connectivity index (χ0n) is 15.0. The molecule has 1 aliphatic rings. The second-order valence-electron chi connectivity index (χ2n) is 6.04. The Morgan fingerprint density at radius 1 is 1.42 bits per heavy atom. The molecular weight excluding hydrogens is 356 g/mol. The van der Waals surface area contributed by atoms with Gasteiger partial charge in [0.05, 0.1) is 38.0 Å². The fourth-order valence-corrected chi connectivity index (χ4v) is 2.99. The minimum absolute atomic E-state index is 0.133. The van der Waals surface area contributed by atoms with Crippen molar-refractivity contribution in [2.45, 2.75) is 6.42 Å². The maximum absolute atomic E-state index is 12.4. The molecule has 1 heterocycles. The van der Waals surface area contributed by atoms with Gasteiger partial charge in [-0.3, -0.25) is 14.6 Å². The number of carbonyl (C=O) groups excluding carboxylic acids is 1. The average Bonchev–Trinajstić information content (AvgIpc) is 2.65. The van der Waals surface area contributed by atoms with Crippen LogP contribution in [0.2, 0.25) is 5.02 Å². The molecule has 0 unspecified atom stereocenters. The number of morpholine rings is 1. The van der Waals surface area contributed by atoms with Gasteiger partial charge in [-0.05, 0) is 18.2 Å². The van der Waals surface area contributed by atoms with E-state index in [0.717, 1.165) is 39.4 Å². The first-order valence-corrected chi connectivity index (χ1v) is 9.03. The molecule has 8 heteroatoms. The highest BCUT2D eigenvalue weighted by atomic mass is 35.5. The van der Waals surface area contributed by atoms with Gasteiger partial charge in [-0.15, -0.1) is 0 Å². The lowest BCUT2D eigenvalue weighted by molar-refractivity contribution is -0.117. The average molecular weight is 381 g/mol. The van der Waals surface area contributed by atoms with E-state index in [1.807, 2.05) is 4.90 Å². The van der Waals surface area contributed by atoms with Gasteiger partial charge in [0, 0.05) is 44.8 Å². The third-order valence-electron chi connectivity index (χ3n) is 4.18. The number of hydrogen-bond donors (Lipinski definition) is 1. The summed E-state index contributed by atoms with van der Waals surface area (Å²) in [5.74, 6) is 0.428. The van der Waals surface area contributed by atoms with Crippen LogP contribution in [-0.2, 0) is 9.53 Å². The van der Waals surface area contributed by atoms with Crippen LogP contribution in [0.4, 0.5) is 5.69 Å². The highest BCUT2D eigenvalue weighted by Gasteiger charge is 2.15. The van der Waals surface area contributed by atoms with Gasteiger partial charge in [-0.25, -0.2) is 0 Å². The molecule has 1 fully saturated rings. The Balaban J connectivity index is 1.86. The van der Waals surface area contributed by atoms with Gasteiger partial charge < -0.3 is 14.8 Å². The summed E-state index contributed by atoms with van der Waals surface area (Å²) in [7, 11) is 1.54. The second-order valence-corrected chi connectivity index (χ2v) is 6.44. The number of halogens is 1. The van der Waals surface area contributed by atoms with Crippen molar-refractivity contribution in [1.82, 2.24) is 9.80 Å². The predicted molar refractivity (Wildman–Crippen MR) is 101 cm³/mol. The van der Waals surface area contributed by atoms with E-state index < -0.39 is 0 Å². The Kier molecular flexibility index (Phi) is 8.65. The van der Waals surface area contributed by atoms with E-state index in [0.29, 0.717) is 29.4 Å². The molecule has 2 rings (SSSR count). The van der Waals surface area contributed by atoms with Gasteiger partial charge in [-0.1, -0.05) is 11.6 Å². The van der Waals surface area contributed by atoms with E-state index in [9.17, 15) is 4.79 Å². The lowest BCUT2D eigenvalue weighted by Crippen LogP contribution is -2.43. The number of hydrogen-bond acceptors (Lipinski definition) is 6. The highest BCUT2D eigenvalue weighted by molar-refractivity contribution is 6.32. The molecule has 1 saturated heterocycles. The topological polar surface area (TPSA) is 77.8 Å². The molecule has 0 saturated carbocycles. The molecule has 0 aliphatic carbocycles. The summed E-state index contributed by atoms with van der Waals surface area (Å²) in [5, 5.41) is 12.1. The first kappa shape index (κ1) is 20.5. The van der Waals surface area contributed by atoms with E-state index in [4.69, 9.17) is 26.3 Å². The Morgan fingerprint density at radius 2 is 2.19 bits per heavy atom. The first-order chi connectivity index (χ1) is 12.6. The van der Waals surface area contributed by atoms with Gasteiger partial charge in [0.2, 0.25) is 5.91 Å². The van der Waals surface area contributed by atoms with Crippen LogP contribution < -0.4 is 10.1 Å². The molecule has 0 spiro atoms. The summed E-state index contributed by atoms with van der Waals surface area (Å²) in [6, 6.07) is 7.26. The van der Waals surface area contributed by atoms with Crippen LogP contribution >= 0.6 is 11.6 Å². The van der Waals surface area contributed by atoms with Crippen molar-refractivity contribution in [1.29, 1.82) is 5.26 Å². The molecule has 1 aliphatic heterocycles. The lowest BCUT2D eigenvalue weighted by atomic mass is 10.3. The summed E-state index contributed by atoms with van der Waals surface area (Å²) >= 11 is 6.08. The normalized spacial score (nSPS) is 14.8. The summed E-state index contributed by atoms with van der Waals surface area (Å²) < 4.78 is 10.5. The number of methoxy groups -OCH3 is 1. The van der Waals surface area contributed by atoms with Crippen LogP contribution in [0, 0.1) is 11.3 Å². The molecule has 7 nitrogen and oxygen atoms in total. The zero-order valence-corrected chi connectivity index (χ0v) is 15.8. The predicted octanol–water partition coefficient (Wildman–Crippen LogP) is 1.83. The first-order valence-electron chi connectivity index (χ1n) is 8.65.